The predicted octanol–water partition coefficient (Wildman–Crippen LogP) is 4.98. The first-order valence-corrected chi connectivity index (χ1v) is 9.08. The second-order valence-corrected chi connectivity index (χ2v) is 7.62. The maximum Gasteiger partial charge on any atom is 0.217 e. The molecule has 1 aliphatic rings. The lowest BCUT2D eigenvalue weighted by molar-refractivity contribution is -0.119. The Kier molecular flexibility index (Phi) is 5.26. The Bertz CT molecular complexity index is 875. The summed E-state index contributed by atoms with van der Waals surface area (Å²) >= 11 is 12.3. The SMILES string of the molecule is CC(=O)NCc1ccc(C2=NOC(C)(c3cc(Cl)cc(Cl)c3)C2)cc1C. The number of benzene rings is 2. The van der Waals surface area contributed by atoms with E-state index in [1.54, 1.807) is 6.07 Å². The van der Waals surface area contributed by atoms with Crippen LogP contribution < -0.4 is 5.32 Å². The van der Waals surface area contributed by atoms with Crippen LogP contribution in [-0.2, 0) is 21.8 Å². The molecule has 0 radical (unpaired) electrons. The number of oxime groups is 1. The molecule has 4 nitrogen and oxygen atoms in total. The van der Waals surface area contributed by atoms with Crippen molar-refractivity contribution < 1.29 is 9.63 Å². The highest BCUT2D eigenvalue weighted by molar-refractivity contribution is 6.34. The maximum absolute atomic E-state index is 11.1. The van der Waals surface area contributed by atoms with Gasteiger partial charge in [0.05, 0.1) is 5.71 Å². The first-order chi connectivity index (χ1) is 12.3. The van der Waals surface area contributed by atoms with Crippen LogP contribution in [0.1, 0.15) is 42.5 Å². The normalized spacial score (nSPS) is 19.0. The van der Waals surface area contributed by atoms with Crippen molar-refractivity contribution >= 4 is 34.8 Å². The number of nitrogens with zero attached hydrogens (tertiary/aromatic N) is 1. The summed E-state index contributed by atoms with van der Waals surface area (Å²) in [6.07, 6.45) is 0.619. The van der Waals surface area contributed by atoms with Crippen molar-refractivity contribution in [2.24, 2.45) is 5.16 Å². The zero-order valence-corrected chi connectivity index (χ0v) is 16.4. The highest BCUT2D eigenvalue weighted by Gasteiger charge is 2.37. The minimum absolute atomic E-state index is 0.0435. The molecule has 6 heteroatoms. The van der Waals surface area contributed by atoms with E-state index in [1.165, 1.54) is 6.92 Å². The molecule has 1 heterocycles. The Morgan fingerprint density at radius 3 is 2.54 bits per heavy atom. The van der Waals surface area contributed by atoms with Crippen LogP contribution in [0.2, 0.25) is 10.0 Å². The quantitative estimate of drug-likeness (QED) is 0.800. The molecule has 1 N–H and O–H groups in total. The third-order valence-corrected chi connectivity index (χ3v) is 4.98. The molecular weight excluding hydrogens is 371 g/mol. The van der Waals surface area contributed by atoms with Gasteiger partial charge in [-0.15, -0.1) is 0 Å². The fraction of sp³-hybridized carbons (Fsp3) is 0.300. The summed E-state index contributed by atoms with van der Waals surface area (Å²) in [7, 11) is 0. The molecule has 0 saturated carbocycles. The molecule has 2 aromatic rings. The molecule has 0 aliphatic carbocycles. The number of nitrogens with one attached hydrogen (secondary N) is 1. The van der Waals surface area contributed by atoms with Gasteiger partial charge in [0.25, 0.3) is 0 Å². The van der Waals surface area contributed by atoms with Crippen LogP contribution in [0.3, 0.4) is 0 Å². The number of halogens is 2. The van der Waals surface area contributed by atoms with Crippen molar-refractivity contribution in [3.63, 3.8) is 0 Å². The van der Waals surface area contributed by atoms with Gasteiger partial charge in [-0.3, -0.25) is 4.79 Å². The molecule has 26 heavy (non-hydrogen) atoms. The fourth-order valence-corrected chi connectivity index (χ4v) is 3.53. The molecule has 0 saturated heterocycles. The summed E-state index contributed by atoms with van der Waals surface area (Å²) in [6, 6.07) is 11.5. The number of aryl methyl sites for hydroxylation is 1. The molecule has 1 unspecified atom stereocenters. The van der Waals surface area contributed by atoms with Gasteiger partial charge in [-0.2, -0.15) is 0 Å². The standard InChI is InChI=1S/C20H20Cl2N2O2/c1-12-6-14(4-5-15(12)11-23-13(2)25)19-10-20(3,26-24-19)16-7-17(21)9-18(22)8-16/h4-9H,10-11H2,1-3H3,(H,23,25). The minimum Gasteiger partial charge on any atom is -0.384 e. The third-order valence-electron chi connectivity index (χ3n) is 4.54. The van der Waals surface area contributed by atoms with Gasteiger partial charge in [-0.1, -0.05) is 40.5 Å². The van der Waals surface area contributed by atoms with E-state index < -0.39 is 5.60 Å². The van der Waals surface area contributed by atoms with Gasteiger partial charge in [0.15, 0.2) is 5.60 Å². The first kappa shape index (κ1) is 18.7. The van der Waals surface area contributed by atoms with Gasteiger partial charge in [0, 0.05) is 35.5 Å². The Balaban J connectivity index is 1.79. The Labute approximate surface area is 163 Å². The van der Waals surface area contributed by atoms with Crippen LogP contribution in [0.5, 0.6) is 0 Å². The number of hydrogen-bond acceptors (Lipinski definition) is 3. The first-order valence-electron chi connectivity index (χ1n) is 8.33. The summed E-state index contributed by atoms with van der Waals surface area (Å²) in [5, 5.41) is 8.26. The van der Waals surface area contributed by atoms with Crippen LogP contribution >= 0.6 is 23.2 Å². The number of carbonyl (C=O) groups excluding carboxylic acids is 1. The van der Waals surface area contributed by atoms with E-state index in [1.807, 2.05) is 38.1 Å². The lowest BCUT2D eigenvalue weighted by atomic mass is 9.88. The number of amides is 1. The van der Waals surface area contributed by atoms with Gasteiger partial charge in [-0.25, -0.2) is 0 Å². The van der Waals surface area contributed by atoms with Crippen LogP contribution in [-0.4, -0.2) is 11.6 Å². The molecule has 0 spiro atoms. The largest absolute Gasteiger partial charge is 0.384 e. The van der Waals surface area contributed by atoms with Crippen molar-refractivity contribution in [1.82, 2.24) is 5.32 Å². The molecule has 0 aromatic heterocycles. The van der Waals surface area contributed by atoms with E-state index in [4.69, 9.17) is 28.0 Å². The topological polar surface area (TPSA) is 50.7 Å². The van der Waals surface area contributed by atoms with E-state index in [0.717, 1.165) is 28.0 Å². The Hall–Kier alpha value is -2.04. The average molecular weight is 391 g/mol. The molecular formula is C20H20Cl2N2O2. The molecule has 2 aromatic carbocycles. The van der Waals surface area contributed by atoms with Crippen LogP contribution in [0.15, 0.2) is 41.6 Å². The molecule has 136 valence electrons. The number of rotatable bonds is 4. The van der Waals surface area contributed by atoms with Gasteiger partial charge in [0.1, 0.15) is 0 Å². The summed E-state index contributed by atoms with van der Waals surface area (Å²) in [5.41, 5.74) is 4.34. The highest BCUT2D eigenvalue weighted by Crippen LogP contribution is 2.38. The van der Waals surface area contributed by atoms with Crippen LogP contribution in [0.4, 0.5) is 0 Å². The van der Waals surface area contributed by atoms with E-state index >= 15 is 0 Å². The predicted molar refractivity (Wildman–Crippen MR) is 105 cm³/mol. The molecule has 3 rings (SSSR count). The summed E-state index contributed by atoms with van der Waals surface area (Å²) in [4.78, 5) is 16.9. The number of carbonyl (C=O) groups is 1. The lowest BCUT2D eigenvalue weighted by Gasteiger charge is -2.22. The van der Waals surface area contributed by atoms with Crippen molar-refractivity contribution in [3.05, 3.63) is 68.7 Å². The molecule has 1 atom stereocenters. The summed E-state index contributed by atoms with van der Waals surface area (Å²) in [6.45, 7) is 6.02. The monoisotopic (exact) mass is 390 g/mol. The van der Waals surface area contributed by atoms with E-state index in [9.17, 15) is 4.79 Å². The van der Waals surface area contributed by atoms with Gasteiger partial charge >= 0.3 is 0 Å². The number of hydrogen-bond donors (Lipinski definition) is 1. The minimum atomic E-state index is -0.605. The van der Waals surface area contributed by atoms with E-state index in [-0.39, 0.29) is 5.91 Å². The zero-order chi connectivity index (χ0) is 18.9. The molecule has 1 amide bonds. The summed E-state index contributed by atoms with van der Waals surface area (Å²) < 4.78 is 0. The maximum atomic E-state index is 11.1. The van der Waals surface area contributed by atoms with Crippen LogP contribution in [0.25, 0.3) is 0 Å². The Morgan fingerprint density at radius 2 is 1.92 bits per heavy atom. The Morgan fingerprint density at radius 1 is 1.23 bits per heavy atom. The van der Waals surface area contributed by atoms with Crippen molar-refractivity contribution in [2.75, 3.05) is 0 Å². The zero-order valence-electron chi connectivity index (χ0n) is 14.9. The van der Waals surface area contributed by atoms with Crippen LogP contribution in [0, 0.1) is 6.92 Å². The fourth-order valence-electron chi connectivity index (χ4n) is 3.00. The van der Waals surface area contributed by atoms with Gasteiger partial charge in [0.2, 0.25) is 5.91 Å². The van der Waals surface area contributed by atoms with E-state index in [0.29, 0.717) is 23.0 Å². The highest BCUT2D eigenvalue weighted by atomic mass is 35.5. The second-order valence-electron chi connectivity index (χ2n) is 6.75. The van der Waals surface area contributed by atoms with Crippen molar-refractivity contribution in [2.45, 2.75) is 39.3 Å². The molecule has 1 aliphatic heterocycles. The smallest absolute Gasteiger partial charge is 0.217 e. The second kappa shape index (κ2) is 7.29. The lowest BCUT2D eigenvalue weighted by Crippen LogP contribution is -2.22. The molecule has 0 fully saturated rings. The van der Waals surface area contributed by atoms with Gasteiger partial charge in [-0.05, 0) is 54.8 Å². The van der Waals surface area contributed by atoms with E-state index in [2.05, 4.69) is 16.5 Å². The summed E-state index contributed by atoms with van der Waals surface area (Å²) in [5.74, 6) is -0.0435. The van der Waals surface area contributed by atoms with Crippen molar-refractivity contribution in [1.29, 1.82) is 0 Å². The van der Waals surface area contributed by atoms with Gasteiger partial charge < -0.3 is 10.2 Å². The average Bonchev–Trinajstić information content (AvgIpc) is 2.96. The molecule has 0 bridgehead atoms. The van der Waals surface area contributed by atoms with Crippen molar-refractivity contribution in [3.8, 4) is 0 Å². The third kappa shape index (κ3) is 4.02.